The summed E-state index contributed by atoms with van der Waals surface area (Å²) in [7, 11) is 2.01. The van der Waals surface area contributed by atoms with E-state index in [-0.39, 0.29) is 0 Å². The first-order valence-corrected chi connectivity index (χ1v) is 5.17. The molecule has 13 heavy (non-hydrogen) atoms. The normalized spacial score (nSPS) is 33.2. The van der Waals surface area contributed by atoms with Crippen molar-refractivity contribution in [3.8, 4) is 0 Å². The van der Waals surface area contributed by atoms with Gasteiger partial charge in [-0.05, 0) is 27.8 Å². The molecule has 0 aromatic heterocycles. The zero-order chi connectivity index (χ0) is 9.84. The Morgan fingerprint density at radius 3 is 2.38 bits per heavy atom. The van der Waals surface area contributed by atoms with Gasteiger partial charge in [0.05, 0.1) is 12.2 Å². The molecule has 0 bridgehead atoms. The molecule has 0 aliphatic carbocycles. The quantitative estimate of drug-likeness (QED) is 0.702. The van der Waals surface area contributed by atoms with Crippen molar-refractivity contribution in [1.29, 1.82) is 0 Å². The van der Waals surface area contributed by atoms with Crippen LogP contribution >= 0.6 is 0 Å². The number of hydrogen-bond acceptors (Lipinski definition) is 3. The van der Waals surface area contributed by atoms with Gasteiger partial charge in [-0.1, -0.05) is 0 Å². The van der Waals surface area contributed by atoms with Crippen LogP contribution in [0.5, 0.6) is 0 Å². The van der Waals surface area contributed by atoms with Gasteiger partial charge in [0.2, 0.25) is 0 Å². The molecule has 0 spiro atoms. The summed E-state index contributed by atoms with van der Waals surface area (Å²) in [5.41, 5.74) is 0. The van der Waals surface area contributed by atoms with E-state index in [1.807, 2.05) is 7.05 Å². The number of ether oxygens (including phenoxy) is 1. The van der Waals surface area contributed by atoms with Crippen LogP contribution in [-0.2, 0) is 4.74 Å². The highest BCUT2D eigenvalue weighted by atomic mass is 16.5. The average molecular weight is 186 g/mol. The topological polar surface area (TPSA) is 24.5 Å². The van der Waals surface area contributed by atoms with Crippen molar-refractivity contribution >= 4 is 0 Å². The highest BCUT2D eigenvalue weighted by molar-refractivity contribution is 4.75. The van der Waals surface area contributed by atoms with Crippen LogP contribution < -0.4 is 5.32 Å². The molecule has 0 amide bonds. The van der Waals surface area contributed by atoms with Crippen molar-refractivity contribution in [2.75, 3.05) is 26.7 Å². The Labute approximate surface area is 81.4 Å². The van der Waals surface area contributed by atoms with Crippen molar-refractivity contribution in [1.82, 2.24) is 10.2 Å². The van der Waals surface area contributed by atoms with E-state index in [1.165, 1.54) is 0 Å². The number of likely N-dealkylation sites (N-methyl/N-ethyl adjacent to an activating group) is 1. The molecule has 0 radical (unpaired) electrons. The standard InChI is InChI=1S/C10H22N2O/c1-8(11-4)5-12-6-9(2)13-10(3)7-12/h8-11H,5-7H2,1-4H3/t8-,9-,10+/m0/s1. The summed E-state index contributed by atoms with van der Waals surface area (Å²) in [6, 6.07) is 0.567. The monoisotopic (exact) mass is 186 g/mol. The number of rotatable bonds is 3. The van der Waals surface area contributed by atoms with Crippen LogP contribution in [0.1, 0.15) is 20.8 Å². The molecule has 1 aliphatic heterocycles. The second-order valence-electron chi connectivity index (χ2n) is 4.17. The Morgan fingerprint density at radius 1 is 1.38 bits per heavy atom. The fourth-order valence-corrected chi connectivity index (χ4v) is 1.91. The van der Waals surface area contributed by atoms with Crippen molar-refractivity contribution in [2.24, 2.45) is 0 Å². The molecule has 1 rings (SSSR count). The SMILES string of the molecule is CN[C@@H](C)CN1C[C@@H](C)O[C@@H](C)C1. The number of morpholine rings is 1. The largest absolute Gasteiger partial charge is 0.373 e. The summed E-state index contributed by atoms with van der Waals surface area (Å²) >= 11 is 0. The summed E-state index contributed by atoms with van der Waals surface area (Å²) < 4.78 is 5.67. The minimum absolute atomic E-state index is 0.382. The molecule has 0 saturated carbocycles. The van der Waals surface area contributed by atoms with Crippen molar-refractivity contribution in [3.63, 3.8) is 0 Å². The maximum Gasteiger partial charge on any atom is 0.0678 e. The lowest BCUT2D eigenvalue weighted by atomic mass is 10.2. The van der Waals surface area contributed by atoms with Gasteiger partial charge < -0.3 is 10.1 Å². The summed E-state index contributed by atoms with van der Waals surface area (Å²) in [4.78, 5) is 2.47. The Hall–Kier alpha value is -0.120. The van der Waals surface area contributed by atoms with Crippen LogP contribution in [0.3, 0.4) is 0 Å². The zero-order valence-electron chi connectivity index (χ0n) is 9.21. The molecule has 3 atom stereocenters. The lowest BCUT2D eigenvalue weighted by molar-refractivity contribution is -0.0693. The molecule has 0 aromatic carbocycles. The van der Waals surface area contributed by atoms with Crippen LogP contribution in [0, 0.1) is 0 Å². The zero-order valence-corrected chi connectivity index (χ0v) is 9.21. The fourth-order valence-electron chi connectivity index (χ4n) is 1.91. The smallest absolute Gasteiger partial charge is 0.0678 e. The Morgan fingerprint density at radius 2 is 1.92 bits per heavy atom. The first-order valence-electron chi connectivity index (χ1n) is 5.17. The Balaban J connectivity index is 2.32. The summed E-state index contributed by atoms with van der Waals surface area (Å²) in [5.74, 6) is 0. The average Bonchev–Trinajstić information content (AvgIpc) is 2.02. The molecule has 1 fully saturated rings. The predicted molar refractivity (Wildman–Crippen MR) is 55.0 cm³/mol. The van der Waals surface area contributed by atoms with E-state index in [1.54, 1.807) is 0 Å². The third kappa shape index (κ3) is 3.63. The minimum Gasteiger partial charge on any atom is -0.373 e. The molecule has 3 heteroatoms. The lowest BCUT2D eigenvalue weighted by Crippen LogP contribution is -2.49. The lowest BCUT2D eigenvalue weighted by Gasteiger charge is -2.36. The molecule has 1 N–H and O–H groups in total. The molecule has 1 aliphatic rings. The van der Waals surface area contributed by atoms with Gasteiger partial charge in [0.1, 0.15) is 0 Å². The second kappa shape index (κ2) is 4.94. The predicted octanol–water partition coefficient (Wildman–Crippen LogP) is 0.703. The molecule has 0 aromatic rings. The van der Waals surface area contributed by atoms with Crippen molar-refractivity contribution < 1.29 is 4.74 Å². The van der Waals surface area contributed by atoms with Crippen molar-refractivity contribution in [3.05, 3.63) is 0 Å². The maximum atomic E-state index is 5.67. The number of nitrogens with zero attached hydrogens (tertiary/aromatic N) is 1. The molecule has 1 saturated heterocycles. The fraction of sp³-hybridized carbons (Fsp3) is 1.00. The van der Waals surface area contributed by atoms with E-state index < -0.39 is 0 Å². The van der Waals surface area contributed by atoms with Crippen LogP contribution in [-0.4, -0.2) is 49.8 Å². The van der Waals surface area contributed by atoms with E-state index in [4.69, 9.17) is 4.74 Å². The number of nitrogens with one attached hydrogen (secondary N) is 1. The third-order valence-electron chi connectivity index (χ3n) is 2.52. The van der Waals surface area contributed by atoms with Crippen LogP contribution in [0.25, 0.3) is 0 Å². The first-order chi connectivity index (χ1) is 6.11. The van der Waals surface area contributed by atoms with Gasteiger partial charge in [0, 0.05) is 25.7 Å². The van der Waals surface area contributed by atoms with Crippen LogP contribution in [0.15, 0.2) is 0 Å². The van der Waals surface area contributed by atoms with Crippen LogP contribution in [0.2, 0.25) is 0 Å². The highest BCUT2D eigenvalue weighted by Crippen LogP contribution is 2.10. The van der Waals surface area contributed by atoms with Gasteiger partial charge in [-0.2, -0.15) is 0 Å². The van der Waals surface area contributed by atoms with Crippen LogP contribution in [0.4, 0.5) is 0 Å². The van der Waals surface area contributed by atoms with E-state index in [9.17, 15) is 0 Å². The Bertz CT molecular complexity index is 142. The number of hydrogen-bond donors (Lipinski definition) is 1. The van der Waals surface area contributed by atoms with E-state index in [0.29, 0.717) is 18.2 Å². The van der Waals surface area contributed by atoms with Crippen molar-refractivity contribution in [2.45, 2.75) is 39.0 Å². The van der Waals surface area contributed by atoms with Gasteiger partial charge in [-0.3, -0.25) is 4.90 Å². The van der Waals surface area contributed by atoms with Gasteiger partial charge in [0.25, 0.3) is 0 Å². The van der Waals surface area contributed by atoms with Gasteiger partial charge in [0.15, 0.2) is 0 Å². The van der Waals surface area contributed by atoms with Gasteiger partial charge in [-0.15, -0.1) is 0 Å². The van der Waals surface area contributed by atoms with Gasteiger partial charge >= 0.3 is 0 Å². The molecule has 78 valence electrons. The second-order valence-corrected chi connectivity index (χ2v) is 4.17. The molecular weight excluding hydrogens is 164 g/mol. The van der Waals surface area contributed by atoms with E-state index in [2.05, 4.69) is 31.0 Å². The molecule has 1 heterocycles. The minimum atomic E-state index is 0.382. The highest BCUT2D eigenvalue weighted by Gasteiger charge is 2.22. The van der Waals surface area contributed by atoms with Gasteiger partial charge in [-0.25, -0.2) is 0 Å². The molecular formula is C10H22N2O. The summed E-state index contributed by atoms with van der Waals surface area (Å²) in [6.07, 6.45) is 0.764. The summed E-state index contributed by atoms with van der Waals surface area (Å²) in [6.45, 7) is 9.76. The third-order valence-corrected chi connectivity index (χ3v) is 2.52. The maximum absolute atomic E-state index is 5.67. The molecule has 0 unspecified atom stereocenters. The first kappa shape index (κ1) is 11.0. The Kier molecular flexibility index (Phi) is 4.16. The van der Waals surface area contributed by atoms with E-state index in [0.717, 1.165) is 19.6 Å². The summed E-state index contributed by atoms with van der Waals surface area (Å²) in [5, 5.41) is 3.26. The van der Waals surface area contributed by atoms with E-state index >= 15 is 0 Å². The molecule has 3 nitrogen and oxygen atoms in total.